The largest absolute Gasteiger partial charge is 0.496 e. The first kappa shape index (κ1) is 12.1. The molecular weight excluding hydrogens is 259 g/mol. The topological polar surface area (TPSA) is 35.0 Å². The molecule has 2 rings (SSSR count). The second kappa shape index (κ2) is 5.34. The monoisotopic (exact) mass is 268 g/mol. The number of alkyl halides is 1. The molecule has 1 aromatic carbocycles. The predicted octanol–water partition coefficient (Wildman–Crippen LogP) is 3.54. The van der Waals surface area contributed by atoms with Gasteiger partial charge >= 0.3 is 0 Å². The number of hydrogen-bond acceptors (Lipinski definition) is 3. The third-order valence-electron chi connectivity index (χ3n) is 2.26. The molecule has 88 valence electrons. The van der Waals surface area contributed by atoms with Gasteiger partial charge in [-0.15, -0.1) is 11.6 Å². The Labute approximate surface area is 109 Å². The average molecular weight is 269 g/mol. The highest BCUT2D eigenvalue weighted by atomic mass is 35.5. The van der Waals surface area contributed by atoms with Crippen LogP contribution in [-0.4, -0.2) is 17.1 Å². The molecule has 0 saturated carbocycles. The van der Waals surface area contributed by atoms with E-state index in [4.69, 9.17) is 27.9 Å². The van der Waals surface area contributed by atoms with Gasteiger partial charge < -0.3 is 4.74 Å². The Morgan fingerprint density at radius 3 is 2.82 bits per heavy atom. The number of nitrogens with zero attached hydrogens (tertiary/aromatic N) is 2. The number of methoxy groups -OCH3 is 1. The maximum atomic E-state index is 5.97. The van der Waals surface area contributed by atoms with E-state index in [1.54, 1.807) is 37.6 Å². The van der Waals surface area contributed by atoms with Gasteiger partial charge in [-0.25, -0.2) is 9.97 Å². The van der Waals surface area contributed by atoms with E-state index in [9.17, 15) is 0 Å². The van der Waals surface area contributed by atoms with E-state index >= 15 is 0 Å². The number of aromatic nitrogens is 2. The number of halogens is 2. The molecular formula is C12H10Cl2N2O. The van der Waals surface area contributed by atoms with Crippen LogP contribution in [0.25, 0.3) is 11.3 Å². The zero-order valence-electron chi connectivity index (χ0n) is 9.15. The molecule has 0 saturated heterocycles. The van der Waals surface area contributed by atoms with Gasteiger partial charge in [0.2, 0.25) is 0 Å². The quantitative estimate of drug-likeness (QED) is 0.799. The number of benzene rings is 1. The van der Waals surface area contributed by atoms with Gasteiger partial charge in [-0.3, -0.25) is 0 Å². The van der Waals surface area contributed by atoms with E-state index in [1.807, 2.05) is 0 Å². The predicted molar refractivity (Wildman–Crippen MR) is 68.6 cm³/mol. The highest BCUT2D eigenvalue weighted by Gasteiger charge is 2.08. The molecule has 0 spiro atoms. The summed E-state index contributed by atoms with van der Waals surface area (Å²) >= 11 is 11.7. The van der Waals surface area contributed by atoms with Crippen molar-refractivity contribution in [3.05, 3.63) is 41.3 Å². The van der Waals surface area contributed by atoms with Gasteiger partial charge in [0.25, 0.3) is 0 Å². The van der Waals surface area contributed by atoms with Crippen LogP contribution >= 0.6 is 23.2 Å². The molecule has 1 aromatic heterocycles. The van der Waals surface area contributed by atoms with Gasteiger partial charge in [0.05, 0.1) is 18.7 Å². The summed E-state index contributed by atoms with van der Waals surface area (Å²) in [6, 6.07) is 7.18. The van der Waals surface area contributed by atoms with Gasteiger partial charge in [0.1, 0.15) is 11.6 Å². The van der Waals surface area contributed by atoms with Crippen molar-refractivity contribution in [2.24, 2.45) is 0 Å². The van der Waals surface area contributed by atoms with Gasteiger partial charge in [0, 0.05) is 16.8 Å². The van der Waals surface area contributed by atoms with Crippen LogP contribution in [0.3, 0.4) is 0 Å². The Bertz CT molecular complexity index is 532. The van der Waals surface area contributed by atoms with Crippen molar-refractivity contribution in [1.82, 2.24) is 9.97 Å². The molecule has 5 heteroatoms. The van der Waals surface area contributed by atoms with Crippen molar-refractivity contribution in [3.8, 4) is 17.0 Å². The maximum absolute atomic E-state index is 5.97. The lowest BCUT2D eigenvalue weighted by Gasteiger charge is -2.08. The van der Waals surface area contributed by atoms with Crippen molar-refractivity contribution in [1.29, 1.82) is 0 Å². The van der Waals surface area contributed by atoms with Crippen LogP contribution in [0.15, 0.2) is 30.5 Å². The molecule has 0 aliphatic rings. The first-order valence-electron chi connectivity index (χ1n) is 4.96. The molecule has 0 fully saturated rings. The van der Waals surface area contributed by atoms with E-state index in [0.717, 1.165) is 11.3 Å². The van der Waals surface area contributed by atoms with Crippen LogP contribution in [0.1, 0.15) is 5.82 Å². The van der Waals surface area contributed by atoms with Crippen LogP contribution in [0.4, 0.5) is 0 Å². The maximum Gasteiger partial charge on any atom is 0.143 e. The summed E-state index contributed by atoms with van der Waals surface area (Å²) in [5, 5.41) is 0.631. The second-order valence-electron chi connectivity index (χ2n) is 3.34. The van der Waals surface area contributed by atoms with Crippen molar-refractivity contribution in [2.75, 3.05) is 7.11 Å². The molecule has 3 nitrogen and oxygen atoms in total. The molecule has 0 unspecified atom stereocenters. The number of rotatable bonds is 3. The normalized spacial score (nSPS) is 10.3. The average Bonchev–Trinajstić information content (AvgIpc) is 2.39. The molecule has 0 atom stereocenters. The Morgan fingerprint density at radius 2 is 2.12 bits per heavy atom. The highest BCUT2D eigenvalue weighted by Crippen LogP contribution is 2.31. The van der Waals surface area contributed by atoms with Gasteiger partial charge in [0.15, 0.2) is 0 Å². The Morgan fingerprint density at radius 1 is 1.29 bits per heavy atom. The fraction of sp³-hybridized carbons (Fsp3) is 0.167. The Kier molecular flexibility index (Phi) is 3.82. The number of hydrogen-bond donors (Lipinski definition) is 0. The number of ether oxygens (including phenoxy) is 1. The minimum atomic E-state index is 0.275. The zero-order valence-corrected chi connectivity index (χ0v) is 10.7. The second-order valence-corrected chi connectivity index (χ2v) is 4.04. The first-order chi connectivity index (χ1) is 8.24. The summed E-state index contributed by atoms with van der Waals surface area (Å²) in [6.45, 7) is 0. The molecule has 0 amide bonds. The van der Waals surface area contributed by atoms with Crippen LogP contribution in [-0.2, 0) is 5.88 Å². The van der Waals surface area contributed by atoms with Gasteiger partial charge in [-0.1, -0.05) is 11.6 Å². The van der Waals surface area contributed by atoms with E-state index < -0.39 is 0 Å². The fourth-order valence-electron chi connectivity index (χ4n) is 1.49. The Balaban J connectivity index is 2.54. The van der Waals surface area contributed by atoms with Crippen LogP contribution < -0.4 is 4.74 Å². The minimum absolute atomic E-state index is 0.275. The fourth-order valence-corrected chi connectivity index (χ4v) is 1.79. The molecule has 0 aliphatic carbocycles. The lowest BCUT2D eigenvalue weighted by atomic mass is 10.1. The molecule has 2 aromatic rings. The van der Waals surface area contributed by atoms with E-state index in [0.29, 0.717) is 16.6 Å². The lowest BCUT2D eigenvalue weighted by molar-refractivity contribution is 0.416. The van der Waals surface area contributed by atoms with Crippen molar-refractivity contribution >= 4 is 23.2 Å². The standard InChI is InChI=1S/C12H10Cl2N2O/c1-17-11-3-2-8(14)6-9(11)10-4-5-15-12(7-13)16-10/h2-6H,7H2,1H3. The van der Waals surface area contributed by atoms with Crippen LogP contribution in [0.5, 0.6) is 5.75 Å². The first-order valence-corrected chi connectivity index (χ1v) is 5.87. The minimum Gasteiger partial charge on any atom is -0.496 e. The third kappa shape index (κ3) is 2.68. The third-order valence-corrected chi connectivity index (χ3v) is 2.74. The summed E-state index contributed by atoms with van der Waals surface area (Å²) in [5.41, 5.74) is 1.57. The SMILES string of the molecule is COc1ccc(Cl)cc1-c1ccnc(CCl)n1. The van der Waals surface area contributed by atoms with Crippen molar-refractivity contribution in [3.63, 3.8) is 0 Å². The summed E-state index contributed by atoms with van der Waals surface area (Å²) in [7, 11) is 1.61. The van der Waals surface area contributed by atoms with Crippen LogP contribution in [0.2, 0.25) is 5.02 Å². The summed E-state index contributed by atoms with van der Waals surface area (Å²) in [6.07, 6.45) is 1.67. The smallest absolute Gasteiger partial charge is 0.143 e. The summed E-state index contributed by atoms with van der Waals surface area (Å²) in [5.74, 6) is 1.57. The Hall–Kier alpha value is -1.32. The molecule has 1 heterocycles. The zero-order chi connectivity index (χ0) is 12.3. The highest BCUT2D eigenvalue weighted by molar-refractivity contribution is 6.30. The summed E-state index contributed by atoms with van der Waals surface area (Å²) < 4.78 is 5.28. The molecule has 0 aliphatic heterocycles. The lowest BCUT2D eigenvalue weighted by Crippen LogP contribution is -1.95. The van der Waals surface area contributed by atoms with Gasteiger partial charge in [-0.05, 0) is 24.3 Å². The van der Waals surface area contributed by atoms with Crippen molar-refractivity contribution < 1.29 is 4.74 Å². The molecule has 0 N–H and O–H groups in total. The van der Waals surface area contributed by atoms with Crippen molar-refractivity contribution in [2.45, 2.75) is 5.88 Å². The van der Waals surface area contributed by atoms with Gasteiger partial charge in [-0.2, -0.15) is 0 Å². The molecule has 17 heavy (non-hydrogen) atoms. The van der Waals surface area contributed by atoms with E-state index in [2.05, 4.69) is 9.97 Å². The molecule has 0 bridgehead atoms. The molecule has 0 radical (unpaired) electrons. The van der Waals surface area contributed by atoms with E-state index in [1.165, 1.54) is 0 Å². The van der Waals surface area contributed by atoms with E-state index in [-0.39, 0.29) is 5.88 Å². The summed E-state index contributed by atoms with van der Waals surface area (Å²) in [4.78, 5) is 8.37. The van der Waals surface area contributed by atoms with Crippen LogP contribution in [0, 0.1) is 0 Å².